The summed E-state index contributed by atoms with van der Waals surface area (Å²) in [5.41, 5.74) is 7.45. The first-order valence-corrected chi connectivity index (χ1v) is 9.00. The molecule has 1 aliphatic rings. The van der Waals surface area contributed by atoms with E-state index in [0.717, 1.165) is 31.9 Å². The molecule has 1 heterocycles. The Balaban J connectivity index is 1.53. The molecule has 2 N–H and O–H groups in total. The van der Waals surface area contributed by atoms with Crippen LogP contribution in [0.15, 0.2) is 65.6 Å². The number of thioether (sulfide) groups is 1. The number of benzene rings is 2. The van der Waals surface area contributed by atoms with Crippen molar-refractivity contribution in [3.8, 4) is 0 Å². The van der Waals surface area contributed by atoms with Crippen LogP contribution in [0.3, 0.4) is 0 Å². The summed E-state index contributed by atoms with van der Waals surface area (Å²) in [5.74, 6) is 2.32. The smallest absolute Gasteiger partial charge is 0.0108 e. The molecule has 2 atom stereocenters. The largest absolute Gasteiger partial charge is 0.330 e. The SMILES string of the molecule is NC[C@@H]1CN(CCSc2ccccc2)C[C@H]1c1ccccc1. The average molecular weight is 312 g/mol. The first-order valence-electron chi connectivity index (χ1n) is 8.02. The van der Waals surface area contributed by atoms with Gasteiger partial charge in [0.25, 0.3) is 0 Å². The van der Waals surface area contributed by atoms with Gasteiger partial charge in [-0.15, -0.1) is 11.8 Å². The van der Waals surface area contributed by atoms with Gasteiger partial charge in [-0.25, -0.2) is 0 Å². The summed E-state index contributed by atoms with van der Waals surface area (Å²) < 4.78 is 0. The molecule has 116 valence electrons. The van der Waals surface area contributed by atoms with Gasteiger partial charge in [0, 0.05) is 36.2 Å². The molecule has 0 bridgehead atoms. The number of likely N-dealkylation sites (tertiary alicyclic amines) is 1. The van der Waals surface area contributed by atoms with E-state index >= 15 is 0 Å². The number of nitrogens with two attached hydrogens (primary N) is 1. The van der Waals surface area contributed by atoms with Crippen molar-refractivity contribution in [3.63, 3.8) is 0 Å². The Hall–Kier alpha value is -1.29. The maximum absolute atomic E-state index is 6.01. The zero-order chi connectivity index (χ0) is 15.2. The first-order chi connectivity index (χ1) is 10.9. The fraction of sp³-hybridized carbons (Fsp3) is 0.368. The van der Waals surface area contributed by atoms with Crippen LogP contribution >= 0.6 is 11.8 Å². The molecule has 22 heavy (non-hydrogen) atoms. The van der Waals surface area contributed by atoms with Crippen LogP contribution < -0.4 is 5.73 Å². The van der Waals surface area contributed by atoms with Crippen molar-refractivity contribution < 1.29 is 0 Å². The number of hydrogen-bond acceptors (Lipinski definition) is 3. The standard InChI is InChI=1S/C19H24N2S/c20-13-17-14-21(11-12-22-18-9-5-2-6-10-18)15-19(17)16-7-3-1-4-8-16/h1-10,17,19H,11-15,20H2/t17-,19+/m1/s1. The minimum absolute atomic E-state index is 0.587. The van der Waals surface area contributed by atoms with Gasteiger partial charge >= 0.3 is 0 Å². The molecule has 1 aliphatic heterocycles. The molecule has 0 radical (unpaired) electrons. The van der Waals surface area contributed by atoms with Gasteiger partial charge < -0.3 is 10.6 Å². The Labute approximate surface area is 137 Å². The van der Waals surface area contributed by atoms with Crippen molar-refractivity contribution in [2.75, 3.05) is 31.9 Å². The van der Waals surface area contributed by atoms with Crippen LogP contribution in [-0.2, 0) is 0 Å². The van der Waals surface area contributed by atoms with Crippen LogP contribution in [0.5, 0.6) is 0 Å². The maximum Gasteiger partial charge on any atom is 0.0108 e. The number of hydrogen-bond donors (Lipinski definition) is 1. The van der Waals surface area contributed by atoms with Crippen molar-refractivity contribution in [3.05, 3.63) is 66.2 Å². The number of nitrogens with zero attached hydrogens (tertiary/aromatic N) is 1. The van der Waals surface area contributed by atoms with Gasteiger partial charge in [-0.3, -0.25) is 0 Å². The molecule has 2 nitrogen and oxygen atoms in total. The fourth-order valence-electron chi connectivity index (χ4n) is 3.27. The molecule has 1 fully saturated rings. The minimum Gasteiger partial charge on any atom is -0.330 e. The van der Waals surface area contributed by atoms with Crippen LogP contribution in [0.1, 0.15) is 11.5 Å². The van der Waals surface area contributed by atoms with Crippen LogP contribution in [0.4, 0.5) is 0 Å². The van der Waals surface area contributed by atoms with Gasteiger partial charge in [-0.05, 0) is 30.2 Å². The summed E-state index contributed by atoms with van der Waals surface area (Å²) in [6.07, 6.45) is 0. The average Bonchev–Trinajstić information content (AvgIpc) is 3.00. The molecule has 0 aromatic heterocycles. The van der Waals surface area contributed by atoms with E-state index < -0.39 is 0 Å². The van der Waals surface area contributed by atoms with Crippen molar-refractivity contribution in [1.29, 1.82) is 0 Å². The predicted octanol–water partition coefficient (Wildman–Crippen LogP) is 3.45. The molecule has 1 saturated heterocycles. The third-order valence-corrected chi connectivity index (χ3v) is 5.46. The molecule has 0 spiro atoms. The highest BCUT2D eigenvalue weighted by Gasteiger charge is 2.32. The second-order valence-electron chi connectivity index (χ2n) is 5.93. The van der Waals surface area contributed by atoms with Gasteiger partial charge in [0.05, 0.1) is 0 Å². The Morgan fingerprint density at radius 3 is 2.32 bits per heavy atom. The highest BCUT2D eigenvalue weighted by molar-refractivity contribution is 7.99. The summed E-state index contributed by atoms with van der Waals surface area (Å²) in [6.45, 7) is 4.19. The van der Waals surface area contributed by atoms with E-state index in [1.54, 1.807) is 0 Å². The first kappa shape index (κ1) is 15.6. The van der Waals surface area contributed by atoms with Crippen LogP contribution in [0, 0.1) is 5.92 Å². The summed E-state index contributed by atoms with van der Waals surface area (Å²) in [7, 11) is 0. The lowest BCUT2D eigenvalue weighted by atomic mass is 9.89. The second-order valence-corrected chi connectivity index (χ2v) is 7.10. The van der Waals surface area contributed by atoms with E-state index in [1.165, 1.54) is 10.5 Å². The lowest BCUT2D eigenvalue weighted by molar-refractivity contribution is 0.345. The van der Waals surface area contributed by atoms with E-state index in [4.69, 9.17) is 5.73 Å². The lowest BCUT2D eigenvalue weighted by Gasteiger charge is -2.16. The van der Waals surface area contributed by atoms with E-state index in [1.807, 2.05) is 11.8 Å². The molecular formula is C19H24N2S. The van der Waals surface area contributed by atoms with Gasteiger partial charge in [0.15, 0.2) is 0 Å². The number of rotatable bonds is 6. The van der Waals surface area contributed by atoms with Crippen LogP contribution in [-0.4, -0.2) is 36.8 Å². The van der Waals surface area contributed by atoms with E-state index in [2.05, 4.69) is 65.6 Å². The van der Waals surface area contributed by atoms with Crippen molar-refractivity contribution in [2.45, 2.75) is 10.8 Å². The van der Waals surface area contributed by atoms with Crippen LogP contribution in [0.2, 0.25) is 0 Å². The molecule has 0 amide bonds. The quantitative estimate of drug-likeness (QED) is 0.828. The van der Waals surface area contributed by atoms with Crippen molar-refractivity contribution in [1.82, 2.24) is 4.90 Å². The molecule has 3 heteroatoms. The Kier molecular flexibility index (Phi) is 5.54. The summed E-state index contributed by atoms with van der Waals surface area (Å²) >= 11 is 1.94. The Bertz CT molecular complexity index is 558. The van der Waals surface area contributed by atoms with Gasteiger partial charge in [-0.2, -0.15) is 0 Å². The minimum atomic E-state index is 0.587. The predicted molar refractivity (Wildman–Crippen MR) is 95.3 cm³/mol. The Morgan fingerprint density at radius 1 is 0.955 bits per heavy atom. The maximum atomic E-state index is 6.01. The molecule has 3 rings (SSSR count). The Morgan fingerprint density at radius 2 is 1.64 bits per heavy atom. The van der Waals surface area contributed by atoms with Gasteiger partial charge in [-0.1, -0.05) is 48.5 Å². The van der Waals surface area contributed by atoms with Crippen molar-refractivity contribution in [2.24, 2.45) is 11.7 Å². The van der Waals surface area contributed by atoms with E-state index in [0.29, 0.717) is 11.8 Å². The zero-order valence-electron chi connectivity index (χ0n) is 12.9. The van der Waals surface area contributed by atoms with E-state index in [9.17, 15) is 0 Å². The fourth-order valence-corrected chi connectivity index (χ4v) is 4.20. The summed E-state index contributed by atoms with van der Waals surface area (Å²) in [5, 5.41) is 0. The molecule has 0 aliphatic carbocycles. The normalized spacial score (nSPS) is 22.0. The second kappa shape index (κ2) is 7.82. The van der Waals surface area contributed by atoms with E-state index in [-0.39, 0.29) is 0 Å². The van der Waals surface area contributed by atoms with Gasteiger partial charge in [0.1, 0.15) is 0 Å². The highest BCUT2D eigenvalue weighted by Crippen LogP contribution is 2.32. The third kappa shape index (κ3) is 3.92. The summed E-state index contributed by atoms with van der Waals surface area (Å²) in [6, 6.07) is 21.5. The third-order valence-electron chi connectivity index (χ3n) is 4.47. The topological polar surface area (TPSA) is 29.3 Å². The monoisotopic (exact) mass is 312 g/mol. The lowest BCUT2D eigenvalue weighted by Crippen LogP contribution is -2.25. The molecule has 0 unspecified atom stereocenters. The van der Waals surface area contributed by atoms with Crippen LogP contribution in [0.25, 0.3) is 0 Å². The van der Waals surface area contributed by atoms with Crippen molar-refractivity contribution >= 4 is 11.8 Å². The molecule has 0 saturated carbocycles. The molecule has 2 aromatic rings. The van der Waals surface area contributed by atoms with Gasteiger partial charge in [0.2, 0.25) is 0 Å². The zero-order valence-corrected chi connectivity index (χ0v) is 13.7. The summed E-state index contributed by atoms with van der Waals surface area (Å²) in [4.78, 5) is 3.93. The molecule has 2 aromatic carbocycles. The molecular weight excluding hydrogens is 288 g/mol. The highest BCUT2D eigenvalue weighted by atomic mass is 32.2.